The van der Waals surface area contributed by atoms with Gasteiger partial charge in [0, 0.05) is 24.9 Å². The molecule has 0 saturated carbocycles. The lowest BCUT2D eigenvalue weighted by Crippen LogP contribution is -2.53. The second-order valence-electron chi connectivity index (χ2n) is 7.95. The van der Waals surface area contributed by atoms with E-state index in [2.05, 4.69) is 4.99 Å². The number of carboxylic acid groups (broad SMARTS) is 1. The van der Waals surface area contributed by atoms with E-state index in [4.69, 9.17) is 15.9 Å². The Kier molecular flexibility index (Phi) is 4.01. The van der Waals surface area contributed by atoms with Crippen LogP contribution in [-0.2, 0) is 4.79 Å². The summed E-state index contributed by atoms with van der Waals surface area (Å²) in [5, 5.41) is 9.16. The van der Waals surface area contributed by atoms with Crippen LogP contribution in [0.25, 0.3) is 0 Å². The minimum Gasteiger partial charge on any atom is -0.478 e. The molecule has 0 bridgehead atoms. The molecule has 1 amide bonds. The molecule has 4 heterocycles. The largest absolute Gasteiger partial charge is 0.478 e. The number of fused-ring (bicyclic) bond motifs is 2. The first-order valence-electron chi connectivity index (χ1n) is 9.83. The van der Waals surface area contributed by atoms with E-state index >= 15 is 0 Å². The molecule has 4 aliphatic heterocycles. The van der Waals surface area contributed by atoms with Crippen molar-refractivity contribution in [2.75, 3.05) is 6.54 Å². The van der Waals surface area contributed by atoms with Crippen molar-refractivity contribution >= 4 is 23.9 Å². The summed E-state index contributed by atoms with van der Waals surface area (Å²) < 4.78 is -0.0981. The highest BCUT2D eigenvalue weighted by molar-refractivity contribution is 6.01. The number of carbonyl (C=O) groups is 2. The van der Waals surface area contributed by atoms with Gasteiger partial charge in [0.2, 0.25) is 11.6 Å². The fourth-order valence-electron chi connectivity index (χ4n) is 4.76. The summed E-state index contributed by atoms with van der Waals surface area (Å²) in [4.78, 5) is 34.6. The van der Waals surface area contributed by atoms with E-state index in [1.54, 1.807) is 42.9 Å². The first-order chi connectivity index (χ1) is 14.0. The van der Waals surface area contributed by atoms with Crippen LogP contribution in [0.15, 0.2) is 58.0 Å². The zero-order valence-electron chi connectivity index (χ0n) is 15.9. The number of piperidine rings is 1. The van der Waals surface area contributed by atoms with E-state index in [0.717, 1.165) is 36.2 Å². The summed E-state index contributed by atoms with van der Waals surface area (Å²) in [6.07, 6.45) is 8.68. The van der Waals surface area contributed by atoms with Gasteiger partial charge < -0.3 is 10.0 Å². The van der Waals surface area contributed by atoms with Crippen LogP contribution in [-0.4, -0.2) is 51.1 Å². The zero-order valence-corrected chi connectivity index (χ0v) is 15.9. The van der Waals surface area contributed by atoms with Gasteiger partial charge in [0.15, 0.2) is 0 Å². The van der Waals surface area contributed by atoms with Crippen LogP contribution in [0.2, 0.25) is 0 Å². The monoisotopic (exact) mass is 392 g/mol. The minimum atomic E-state index is -0.974. The summed E-state index contributed by atoms with van der Waals surface area (Å²) in [6.45, 7) is 0.661. The average Bonchev–Trinajstić information content (AvgIpc) is 3.25. The van der Waals surface area contributed by atoms with Crippen LogP contribution in [0.1, 0.15) is 41.6 Å². The topological polar surface area (TPSA) is 108 Å². The third kappa shape index (κ3) is 2.75. The van der Waals surface area contributed by atoms with Crippen molar-refractivity contribution in [2.45, 2.75) is 31.7 Å². The highest BCUT2D eigenvalue weighted by Gasteiger charge is 2.47. The molecule has 3 atom stereocenters. The fourth-order valence-corrected chi connectivity index (χ4v) is 4.76. The van der Waals surface area contributed by atoms with Gasteiger partial charge in [0.1, 0.15) is 11.9 Å². The van der Waals surface area contributed by atoms with Gasteiger partial charge in [-0.2, -0.15) is 10.8 Å². The van der Waals surface area contributed by atoms with Gasteiger partial charge in [-0.05, 0) is 43.5 Å². The molecule has 8 heteroatoms. The van der Waals surface area contributed by atoms with E-state index in [-0.39, 0.29) is 22.0 Å². The van der Waals surface area contributed by atoms with Crippen molar-refractivity contribution in [3.63, 3.8) is 0 Å². The number of hydrogen-bond donors (Lipinski definition) is 2. The fraction of sp³-hybridized carbons (Fsp3) is 0.333. The Hall–Kier alpha value is -3.10. The number of nitrogens with two attached hydrogens (primary N) is 1. The number of allylic oxidation sites excluding steroid dienone is 1. The summed E-state index contributed by atoms with van der Waals surface area (Å²) in [5.74, 6) is 6.73. The van der Waals surface area contributed by atoms with Crippen LogP contribution >= 0.6 is 0 Å². The smallest absolute Gasteiger partial charge is 0.335 e. The molecule has 4 aliphatic rings. The molecule has 148 valence electrons. The standard InChI is InChI=1S/C21H21N5O3/c22-26-10-9-23-11-17(26)19(15-5-6-16-7-8-18(27)25(16)12-15)24-20(26)13-1-3-14(4-2-13)21(28)29/h1-4,9-11,15-16H,5-8,12,22H2/p+1/t15-,16+,26?/m1/s1. The molecule has 1 aromatic carbocycles. The molecule has 0 aromatic heterocycles. The van der Waals surface area contributed by atoms with E-state index < -0.39 is 5.97 Å². The third-order valence-electron chi connectivity index (χ3n) is 6.32. The number of nitrogens with zero attached hydrogens (tertiary/aromatic N) is 4. The van der Waals surface area contributed by atoms with E-state index in [1.807, 2.05) is 4.90 Å². The highest BCUT2D eigenvalue weighted by atomic mass is 16.4. The predicted molar refractivity (Wildman–Crippen MR) is 107 cm³/mol. The van der Waals surface area contributed by atoms with Crippen LogP contribution in [0, 0.1) is 5.92 Å². The number of benzene rings is 1. The summed E-state index contributed by atoms with van der Waals surface area (Å²) in [5.41, 5.74) is 2.65. The number of aromatic carboxylic acids is 1. The Morgan fingerprint density at radius 2 is 2.00 bits per heavy atom. The maximum Gasteiger partial charge on any atom is 0.335 e. The first-order valence-corrected chi connectivity index (χ1v) is 9.83. The maximum absolute atomic E-state index is 12.2. The van der Waals surface area contributed by atoms with Crippen molar-refractivity contribution in [1.82, 2.24) is 4.90 Å². The van der Waals surface area contributed by atoms with Crippen molar-refractivity contribution in [3.8, 4) is 0 Å². The molecule has 1 unspecified atom stereocenters. The first kappa shape index (κ1) is 18.0. The van der Waals surface area contributed by atoms with Crippen LogP contribution < -0.4 is 5.84 Å². The van der Waals surface area contributed by atoms with Crippen LogP contribution in [0.5, 0.6) is 0 Å². The lowest BCUT2D eigenvalue weighted by molar-refractivity contribution is -0.750. The van der Waals surface area contributed by atoms with Crippen LogP contribution in [0.3, 0.4) is 0 Å². The number of quaternary nitrogens is 1. The molecule has 8 nitrogen and oxygen atoms in total. The minimum absolute atomic E-state index is 0.0981. The lowest BCUT2D eigenvalue weighted by Gasteiger charge is -2.35. The van der Waals surface area contributed by atoms with Crippen molar-refractivity contribution < 1.29 is 19.3 Å². The number of amidine groups is 1. The van der Waals surface area contributed by atoms with Crippen LogP contribution in [0.4, 0.5) is 0 Å². The average molecular weight is 392 g/mol. The molecule has 0 aliphatic carbocycles. The second-order valence-corrected chi connectivity index (χ2v) is 7.95. The van der Waals surface area contributed by atoms with Gasteiger partial charge in [-0.1, -0.05) is 0 Å². The third-order valence-corrected chi connectivity index (χ3v) is 6.32. The zero-order chi connectivity index (χ0) is 20.2. The summed E-state index contributed by atoms with van der Waals surface area (Å²) >= 11 is 0. The molecule has 5 rings (SSSR count). The van der Waals surface area contributed by atoms with Gasteiger partial charge in [0.05, 0.1) is 23.5 Å². The molecular formula is C21H22N5O3+. The Labute approximate surface area is 167 Å². The normalized spacial score (nSPS) is 30.4. The highest BCUT2D eigenvalue weighted by Crippen LogP contribution is 2.40. The maximum atomic E-state index is 12.2. The number of amides is 1. The summed E-state index contributed by atoms with van der Waals surface area (Å²) in [7, 11) is 0. The molecule has 2 saturated heterocycles. The Morgan fingerprint density at radius 1 is 1.21 bits per heavy atom. The van der Waals surface area contributed by atoms with Crippen molar-refractivity contribution in [1.29, 1.82) is 0 Å². The van der Waals surface area contributed by atoms with Crippen molar-refractivity contribution in [3.05, 3.63) is 59.2 Å². The Bertz CT molecular complexity index is 1020. The number of aliphatic imine (C=N–C) groups is 2. The van der Waals surface area contributed by atoms with Gasteiger partial charge in [-0.15, -0.1) is 4.59 Å². The van der Waals surface area contributed by atoms with E-state index in [1.165, 1.54) is 0 Å². The SMILES string of the molecule is N[N+]12C=CN=CC1=C([C@@H]1CC[C@H]3CCC(=O)N3C1)N=C2c1ccc(C(=O)O)cc1. The second kappa shape index (κ2) is 6.47. The van der Waals surface area contributed by atoms with Gasteiger partial charge in [0.25, 0.3) is 5.84 Å². The molecule has 1 aromatic rings. The Balaban J connectivity index is 1.53. The molecule has 29 heavy (non-hydrogen) atoms. The number of carbonyl (C=O) groups excluding carboxylic acids is 1. The number of hydrogen-bond acceptors (Lipinski definition) is 5. The summed E-state index contributed by atoms with van der Waals surface area (Å²) in [6, 6.07) is 6.93. The van der Waals surface area contributed by atoms with Gasteiger partial charge in [-0.3, -0.25) is 9.79 Å². The van der Waals surface area contributed by atoms with Gasteiger partial charge in [-0.25, -0.2) is 4.79 Å². The van der Waals surface area contributed by atoms with Gasteiger partial charge >= 0.3 is 5.97 Å². The predicted octanol–water partition coefficient (Wildman–Crippen LogP) is 2.00. The lowest BCUT2D eigenvalue weighted by atomic mass is 9.90. The number of rotatable bonds is 3. The Morgan fingerprint density at radius 3 is 2.76 bits per heavy atom. The van der Waals surface area contributed by atoms with Crippen molar-refractivity contribution in [2.24, 2.45) is 21.7 Å². The molecule has 3 N–H and O–H groups in total. The quantitative estimate of drug-likeness (QED) is 0.606. The van der Waals surface area contributed by atoms with E-state index in [9.17, 15) is 9.59 Å². The molecule has 0 radical (unpaired) electrons. The van der Waals surface area contributed by atoms with E-state index in [0.29, 0.717) is 24.8 Å². The molecule has 2 fully saturated rings. The molecular weight excluding hydrogens is 370 g/mol. The number of carboxylic acids is 1. The molecule has 0 spiro atoms.